The molecule has 2 fully saturated rings. The first kappa shape index (κ1) is 33.1. The van der Waals surface area contributed by atoms with Crippen LogP contribution in [0.4, 0.5) is 24.8 Å². The molecule has 0 saturated carbocycles. The zero-order chi connectivity index (χ0) is 32.8. The van der Waals surface area contributed by atoms with Crippen molar-refractivity contribution in [3.63, 3.8) is 0 Å². The van der Waals surface area contributed by atoms with E-state index >= 15 is 0 Å². The molecule has 0 radical (unpaired) electrons. The van der Waals surface area contributed by atoms with Crippen molar-refractivity contribution >= 4 is 28.8 Å². The van der Waals surface area contributed by atoms with E-state index in [1.165, 1.54) is 7.11 Å². The Kier molecular flexibility index (Phi) is 10.4. The smallest absolute Gasteiger partial charge is 0.378 e. The van der Waals surface area contributed by atoms with E-state index in [1.54, 1.807) is 22.5 Å². The zero-order valence-corrected chi connectivity index (χ0v) is 25.5. The van der Waals surface area contributed by atoms with Gasteiger partial charge in [0.15, 0.2) is 11.6 Å². The van der Waals surface area contributed by atoms with Crippen molar-refractivity contribution in [3.05, 3.63) is 35.7 Å². The number of rotatable bonds is 10. The highest BCUT2D eigenvalue weighted by molar-refractivity contribution is 5.97. The standard InChI is InChI=1S/C30H35F3N8O5/c1-3-4-21(42)5-6-26(43)39-9-7-38(8-10-39)18-20-15-24-28(40-11-13-46-14-12-40)36-27(37-41(24)19-20)22-17-34-25(35-29(44)45-2)16-23(22)30(31,32)33/h15-17,19,29,44H,5-14,18H2,1-2H3,(H,34,35). The van der Waals surface area contributed by atoms with Gasteiger partial charge in [-0.2, -0.15) is 13.2 Å². The number of hydrogen-bond acceptors (Lipinski definition) is 11. The second-order valence-corrected chi connectivity index (χ2v) is 10.8. The van der Waals surface area contributed by atoms with E-state index in [4.69, 9.17) is 4.74 Å². The van der Waals surface area contributed by atoms with E-state index in [0.29, 0.717) is 70.4 Å². The van der Waals surface area contributed by atoms with Crippen LogP contribution < -0.4 is 10.2 Å². The van der Waals surface area contributed by atoms with E-state index in [-0.39, 0.29) is 41.7 Å². The number of carbonyl (C=O) groups excluding carboxylic acids is 2. The van der Waals surface area contributed by atoms with Crippen LogP contribution in [0.5, 0.6) is 0 Å². The van der Waals surface area contributed by atoms with Gasteiger partial charge in [-0.1, -0.05) is 5.92 Å². The molecule has 1 unspecified atom stereocenters. The number of methoxy groups -OCH3 is 1. The molecule has 2 aliphatic heterocycles. The first-order chi connectivity index (χ1) is 22.0. The molecule has 3 aromatic rings. The van der Waals surface area contributed by atoms with Gasteiger partial charge in [0.25, 0.3) is 0 Å². The van der Waals surface area contributed by atoms with Gasteiger partial charge in [0.2, 0.25) is 18.1 Å². The molecular weight excluding hydrogens is 609 g/mol. The van der Waals surface area contributed by atoms with Crippen molar-refractivity contribution in [2.45, 2.75) is 38.9 Å². The number of nitrogens with zero attached hydrogens (tertiary/aromatic N) is 7. The normalized spacial score (nSPS) is 16.7. The van der Waals surface area contributed by atoms with Gasteiger partial charge in [-0.25, -0.2) is 14.5 Å². The molecule has 16 heteroatoms. The van der Waals surface area contributed by atoms with E-state index in [2.05, 4.69) is 41.9 Å². The molecular formula is C30H35F3N8O5. The number of halogens is 3. The number of fused-ring (bicyclic) bond motifs is 1. The lowest BCUT2D eigenvalue weighted by atomic mass is 10.1. The van der Waals surface area contributed by atoms with E-state index in [1.807, 2.05) is 11.0 Å². The molecule has 46 heavy (non-hydrogen) atoms. The van der Waals surface area contributed by atoms with Crippen LogP contribution in [-0.4, -0.2) is 112 Å². The maximum atomic E-state index is 14.3. The number of aliphatic hydroxyl groups excluding tert-OH is 1. The number of aromatic nitrogens is 4. The number of ketones is 1. The Hall–Kier alpha value is -4.30. The van der Waals surface area contributed by atoms with Gasteiger partial charge in [0.1, 0.15) is 11.3 Å². The number of amides is 1. The van der Waals surface area contributed by atoms with Crippen molar-refractivity contribution in [2.24, 2.45) is 0 Å². The molecule has 0 spiro atoms. The third-order valence-electron chi connectivity index (χ3n) is 7.72. The minimum absolute atomic E-state index is 0.0788. The second-order valence-electron chi connectivity index (χ2n) is 10.8. The molecule has 2 N–H and O–H groups in total. The van der Waals surface area contributed by atoms with Crippen LogP contribution in [0.2, 0.25) is 0 Å². The number of anilines is 2. The highest BCUT2D eigenvalue weighted by Crippen LogP contribution is 2.38. The molecule has 3 aromatic heterocycles. The summed E-state index contributed by atoms with van der Waals surface area (Å²) >= 11 is 0. The quantitative estimate of drug-likeness (QED) is 0.191. The monoisotopic (exact) mass is 644 g/mol. The minimum atomic E-state index is -4.77. The van der Waals surface area contributed by atoms with Crippen LogP contribution >= 0.6 is 0 Å². The van der Waals surface area contributed by atoms with Crippen LogP contribution in [0.15, 0.2) is 24.5 Å². The lowest BCUT2D eigenvalue weighted by Gasteiger charge is -2.34. The zero-order valence-electron chi connectivity index (χ0n) is 25.5. The number of ether oxygens (including phenoxy) is 2. The Morgan fingerprint density at radius 3 is 2.54 bits per heavy atom. The largest absolute Gasteiger partial charge is 0.417 e. The average Bonchev–Trinajstić information content (AvgIpc) is 3.46. The molecule has 1 amide bonds. The predicted molar refractivity (Wildman–Crippen MR) is 160 cm³/mol. The van der Waals surface area contributed by atoms with Crippen molar-refractivity contribution in [1.29, 1.82) is 0 Å². The van der Waals surface area contributed by atoms with Gasteiger partial charge in [-0.3, -0.25) is 14.5 Å². The van der Waals surface area contributed by atoms with Crippen LogP contribution in [-0.2, 0) is 31.8 Å². The minimum Gasteiger partial charge on any atom is -0.378 e. The molecule has 13 nitrogen and oxygen atoms in total. The fraction of sp³-hybridized carbons (Fsp3) is 0.500. The Morgan fingerprint density at radius 2 is 1.87 bits per heavy atom. The lowest BCUT2D eigenvalue weighted by molar-refractivity contribution is -0.137. The summed E-state index contributed by atoms with van der Waals surface area (Å²) in [6.45, 7) is 6.27. The number of alkyl halides is 3. The maximum Gasteiger partial charge on any atom is 0.417 e. The van der Waals surface area contributed by atoms with E-state index in [9.17, 15) is 27.9 Å². The predicted octanol–water partition coefficient (Wildman–Crippen LogP) is 2.00. The molecule has 5 rings (SSSR count). The summed E-state index contributed by atoms with van der Waals surface area (Å²) in [6, 6.07) is 2.71. The van der Waals surface area contributed by atoms with Crippen molar-refractivity contribution in [1.82, 2.24) is 29.4 Å². The first-order valence-corrected chi connectivity index (χ1v) is 14.8. The summed E-state index contributed by atoms with van der Waals surface area (Å²) in [6.07, 6.45) is -3.29. The summed E-state index contributed by atoms with van der Waals surface area (Å²) in [5, 5.41) is 16.5. The number of Topliss-reactive ketones (excluding diaryl/α,β-unsaturated/α-hetero) is 1. The number of carbonyl (C=O) groups is 2. The number of hydrogen-bond donors (Lipinski definition) is 2. The van der Waals surface area contributed by atoms with Gasteiger partial charge in [-0.05, 0) is 30.5 Å². The summed E-state index contributed by atoms with van der Waals surface area (Å²) in [5.74, 6) is 4.75. The second kappa shape index (κ2) is 14.4. The lowest BCUT2D eigenvalue weighted by Crippen LogP contribution is -2.48. The molecule has 2 aliphatic rings. The third kappa shape index (κ3) is 7.91. The Morgan fingerprint density at radius 1 is 1.13 bits per heavy atom. The van der Waals surface area contributed by atoms with Crippen molar-refractivity contribution < 1.29 is 37.3 Å². The van der Waals surface area contributed by atoms with Crippen molar-refractivity contribution in [3.8, 4) is 23.2 Å². The molecule has 246 valence electrons. The summed E-state index contributed by atoms with van der Waals surface area (Å²) < 4.78 is 54.5. The van der Waals surface area contributed by atoms with E-state index < -0.39 is 18.2 Å². The van der Waals surface area contributed by atoms with Gasteiger partial charge in [0.05, 0.1) is 24.3 Å². The molecule has 0 aromatic carbocycles. The summed E-state index contributed by atoms with van der Waals surface area (Å²) in [5.41, 5.74) is 0.174. The Bertz CT molecular complexity index is 1620. The molecule has 1 atom stereocenters. The molecule has 2 saturated heterocycles. The highest BCUT2D eigenvalue weighted by Gasteiger charge is 2.36. The highest BCUT2D eigenvalue weighted by atomic mass is 19.4. The summed E-state index contributed by atoms with van der Waals surface area (Å²) in [4.78, 5) is 38.8. The van der Waals surface area contributed by atoms with Crippen molar-refractivity contribution in [2.75, 3.05) is 69.8 Å². The van der Waals surface area contributed by atoms with Crippen LogP contribution in [0.1, 0.15) is 30.9 Å². The fourth-order valence-electron chi connectivity index (χ4n) is 5.37. The number of morpholine rings is 1. The maximum absolute atomic E-state index is 14.3. The van der Waals surface area contributed by atoms with Gasteiger partial charge >= 0.3 is 6.18 Å². The van der Waals surface area contributed by atoms with Crippen LogP contribution in [0.3, 0.4) is 0 Å². The Balaban J connectivity index is 1.39. The Labute approximate surface area is 263 Å². The third-order valence-corrected chi connectivity index (χ3v) is 7.72. The van der Waals surface area contributed by atoms with Gasteiger partial charge < -0.3 is 29.7 Å². The number of aliphatic hydroxyl groups is 1. The first-order valence-electron chi connectivity index (χ1n) is 14.8. The molecule has 0 aliphatic carbocycles. The number of piperazine rings is 1. The molecule has 0 bridgehead atoms. The van der Waals surface area contributed by atoms with Crippen LogP contribution in [0, 0.1) is 11.8 Å². The van der Waals surface area contributed by atoms with Gasteiger partial charge in [0, 0.05) is 78.2 Å². The molecule has 5 heterocycles. The summed E-state index contributed by atoms with van der Waals surface area (Å²) in [7, 11) is 1.19. The SMILES string of the molecule is CC#CC(=O)CCC(=O)N1CCN(Cc2cc3c(N4CCOCC4)nc(-c4cnc(NC(O)OC)cc4C(F)(F)F)nn3c2)CC1. The van der Waals surface area contributed by atoms with Crippen LogP contribution in [0.25, 0.3) is 16.9 Å². The topological polar surface area (TPSA) is 138 Å². The number of nitrogens with one attached hydrogen (secondary N) is 1. The number of pyridine rings is 1. The average molecular weight is 645 g/mol. The fourth-order valence-corrected chi connectivity index (χ4v) is 5.37. The van der Waals surface area contributed by atoms with E-state index in [0.717, 1.165) is 17.8 Å². The van der Waals surface area contributed by atoms with Gasteiger partial charge in [-0.15, -0.1) is 5.10 Å².